The summed E-state index contributed by atoms with van der Waals surface area (Å²) in [5.41, 5.74) is 1.44. The lowest BCUT2D eigenvalue weighted by Crippen LogP contribution is -2.41. The molecule has 0 spiro atoms. The van der Waals surface area contributed by atoms with E-state index in [0.717, 1.165) is 62.3 Å². The number of carbonyl (C=O) groups excluding carboxylic acids is 1. The van der Waals surface area contributed by atoms with Crippen LogP contribution in [0.1, 0.15) is 89.0 Å². The minimum atomic E-state index is -0.193. The van der Waals surface area contributed by atoms with Crippen LogP contribution < -0.4 is 4.90 Å². The first-order valence-corrected chi connectivity index (χ1v) is 13.9. The van der Waals surface area contributed by atoms with Crippen molar-refractivity contribution in [2.24, 2.45) is 4.99 Å². The van der Waals surface area contributed by atoms with Crippen LogP contribution in [0.15, 0.2) is 28.1 Å². The maximum Gasteiger partial charge on any atom is 0.266 e. The number of piperidine rings is 1. The van der Waals surface area contributed by atoms with Crippen molar-refractivity contribution < 1.29 is 9.18 Å². The van der Waals surface area contributed by atoms with Crippen molar-refractivity contribution in [1.82, 2.24) is 4.90 Å². The Bertz CT molecular complexity index is 912. The molecule has 2 aliphatic heterocycles. The fraction of sp³-hybridized carbons (Fsp3) is 0.630. The predicted molar refractivity (Wildman–Crippen MR) is 136 cm³/mol. The molecule has 1 aromatic carbocycles. The molecule has 4 fully saturated rings. The molecule has 4 aliphatic rings. The molecule has 2 heterocycles. The van der Waals surface area contributed by atoms with Crippen molar-refractivity contribution in [3.05, 3.63) is 34.5 Å². The first-order chi connectivity index (χ1) is 16.2. The average Bonchev–Trinajstić information content (AvgIpc) is 3.15. The number of nitrogens with zero attached hydrogens (tertiary/aromatic N) is 3. The number of halogens is 1. The standard InChI is InChI=1S/C27H36FN3OS/c28-23-18-20(14-15-24(23)30-16-8-3-9-17-30)19-25-26(32)31(22-12-6-2-7-13-22)27(33-25)29-21-10-4-1-5-11-21/h14-15,18-19,21-22H,1-13,16-17H2. The number of carbonyl (C=O) groups is 1. The molecule has 178 valence electrons. The Morgan fingerprint density at radius 2 is 1.58 bits per heavy atom. The second-order valence-corrected chi connectivity index (χ2v) is 11.0. The van der Waals surface area contributed by atoms with Crippen LogP contribution in [0.2, 0.25) is 0 Å². The number of thioether (sulfide) groups is 1. The molecule has 2 saturated carbocycles. The lowest BCUT2D eigenvalue weighted by molar-refractivity contribution is -0.124. The van der Waals surface area contributed by atoms with E-state index < -0.39 is 0 Å². The van der Waals surface area contributed by atoms with Crippen molar-refractivity contribution in [1.29, 1.82) is 0 Å². The number of hydrogen-bond acceptors (Lipinski definition) is 4. The molecule has 33 heavy (non-hydrogen) atoms. The first-order valence-electron chi connectivity index (χ1n) is 13.0. The zero-order chi connectivity index (χ0) is 22.6. The van der Waals surface area contributed by atoms with E-state index in [0.29, 0.717) is 16.6 Å². The normalized spacial score (nSPS) is 26.0. The van der Waals surface area contributed by atoms with E-state index in [9.17, 15) is 9.18 Å². The Hall–Kier alpha value is -1.82. The quantitative estimate of drug-likeness (QED) is 0.457. The topological polar surface area (TPSA) is 35.9 Å². The van der Waals surface area contributed by atoms with Crippen LogP contribution >= 0.6 is 11.8 Å². The van der Waals surface area contributed by atoms with Crippen LogP contribution in [-0.4, -0.2) is 41.1 Å². The third-order valence-electron chi connectivity index (χ3n) is 7.61. The summed E-state index contributed by atoms with van der Waals surface area (Å²) in [7, 11) is 0. The van der Waals surface area contributed by atoms with Crippen molar-refractivity contribution in [2.45, 2.75) is 95.6 Å². The summed E-state index contributed by atoms with van der Waals surface area (Å²) in [6, 6.07) is 6.01. The van der Waals surface area contributed by atoms with E-state index in [1.165, 1.54) is 56.7 Å². The third kappa shape index (κ3) is 5.31. The van der Waals surface area contributed by atoms with Gasteiger partial charge in [0.25, 0.3) is 5.91 Å². The molecule has 0 unspecified atom stereocenters. The zero-order valence-electron chi connectivity index (χ0n) is 19.6. The van der Waals surface area contributed by atoms with Gasteiger partial charge in [-0.3, -0.25) is 14.7 Å². The fourth-order valence-corrected chi connectivity index (χ4v) is 6.87. The minimum absolute atomic E-state index is 0.0574. The van der Waals surface area contributed by atoms with Gasteiger partial charge in [-0.1, -0.05) is 44.6 Å². The van der Waals surface area contributed by atoms with Gasteiger partial charge in [-0.25, -0.2) is 4.39 Å². The SMILES string of the molecule is O=C1C(=Cc2ccc(N3CCCCC3)c(F)c2)SC(=NC2CCCCC2)N1C1CCCCC1. The maximum absolute atomic E-state index is 15.0. The van der Waals surface area contributed by atoms with Gasteiger partial charge >= 0.3 is 0 Å². The lowest BCUT2D eigenvalue weighted by atomic mass is 9.94. The van der Waals surface area contributed by atoms with Crippen molar-refractivity contribution in [2.75, 3.05) is 18.0 Å². The van der Waals surface area contributed by atoms with Gasteiger partial charge in [0.2, 0.25) is 0 Å². The van der Waals surface area contributed by atoms with E-state index >= 15 is 0 Å². The van der Waals surface area contributed by atoms with Gasteiger partial charge in [-0.2, -0.15) is 0 Å². The molecule has 0 N–H and O–H groups in total. The smallest absolute Gasteiger partial charge is 0.266 e. The predicted octanol–water partition coefficient (Wildman–Crippen LogP) is 6.75. The lowest BCUT2D eigenvalue weighted by Gasteiger charge is -2.31. The number of rotatable bonds is 4. The number of hydrogen-bond donors (Lipinski definition) is 0. The van der Waals surface area contributed by atoms with E-state index in [1.807, 2.05) is 23.1 Å². The second-order valence-electron chi connectivity index (χ2n) is 10.0. The molecule has 0 radical (unpaired) electrons. The van der Waals surface area contributed by atoms with Gasteiger partial charge in [0, 0.05) is 19.1 Å². The fourth-order valence-electron chi connectivity index (χ4n) is 5.76. The number of aliphatic imine (C=N–C) groups is 1. The number of amidine groups is 1. The summed E-state index contributed by atoms with van der Waals surface area (Å²) >= 11 is 1.50. The molecule has 6 heteroatoms. The van der Waals surface area contributed by atoms with E-state index in [4.69, 9.17) is 4.99 Å². The highest BCUT2D eigenvalue weighted by atomic mass is 32.2. The highest BCUT2D eigenvalue weighted by Crippen LogP contribution is 2.38. The molecule has 1 aromatic rings. The Kier molecular flexibility index (Phi) is 7.39. The van der Waals surface area contributed by atoms with Crippen molar-refractivity contribution in [3.63, 3.8) is 0 Å². The molecule has 2 saturated heterocycles. The van der Waals surface area contributed by atoms with E-state index in [1.54, 1.807) is 6.07 Å². The molecule has 5 rings (SSSR count). The van der Waals surface area contributed by atoms with Crippen molar-refractivity contribution >= 4 is 34.6 Å². The average molecular weight is 470 g/mol. The van der Waals surface area contributed by atoms with Gasteiger partial charge in [0.1, 0.15) is 5.82 Å². The monoisotopic (exact) mass is 469 g/mol. The van der Waals surface area contributed by atoms with Crippen LogP contribution in [0.25, 0.3) is 6.08 Å². The van der Waals surface area contributed by atoms with Gasteiger partial charge in [-0.15, -0.1) is 0 Å². The number of anilines is 1. The molecule has 1 amide bonds. The van der Waals surface area contributed by atoms with Crippen LogP contribution in [0.3, 0.4) is 0 Å². The van der Waals surface area contributed by atoms with Gasteiger partial charge in [0.15, 0.2) is 5.17 Å². The molecule has 0 bridgehead atoms. The maximum atomic E-state index is 15.0. The van der Waals surface area contributed by atoms with Crippen LogP contribution in [-0.2, 0) is 4.79 Å². The van der Waals surface area contributed by atoms with Gasteiger partial charge in [-0.05, 0) is 80.5 Å². The molecule has 0 aromatic heterocycles. The summed E-state index contributed by atoms with van der Waals surface area (Å²) in [5.74, 6) is -0.135. The molecular weight excluding hydrogens is 433 g/mol. The molecule has 0 atom stereocenters. The van der Waals surface area contributed by atoms with Crippen LogP contribution in [0.5, 0.6) is 0 Å². The summed E-state index contributed by atoms with van der Waals surface area (Å²) in [6.07, 6.45) is 17.1. The van der Waals surface area contributed by atoms with Gasteiger partial charge in [0.05, 0.1) is 16.6 Å². The van der Waals surface area contributed by atoms with Crippen LogP contribution in [0, 0.1) is 5.82 Å². The summed E-state index contributed by atoms with van der Waals surface area (Å²) in [5, 5.41) is 0.885. The number of benzene rings is 1. The Balaban J connectivity index is 1.39. The largest absolute Gasteiger partial charge is 0.369 e. The summed E-state index contributed by atoms with van der Waals surface area (Å²) in [4.78, 5) is 23.4. The van der Waals surface area contributed by atoms with E-state index in [-0.39, 0.29) is 17.8 Å². The zero-order valence-corrected chi connectivity index (χ0v) is 20.4. The molecular formula is C27H36FN3OS. The van der Waals surface area contributed by atoms with Crippen LogP contribution in [0.4, 0.5) is 10.1 Å². The first kappa shape index (κ1) is 22.9. The second kappa shape index (κ2) is 10.6. The number of amides is 1. The molecule has 2 aliphatic carbocycles. The third-order valence-corrected chi connectivity index (χ3v) is 8.61. The highest BCUT2D eigenvalue weighted by molar-refractivity contribution is 8.18. The van der Waals surface area contributed by atoms with E-state index in [2.05, 4.69) is 4.90 Å². The molecule has 4 nitrogen and oxygen atoms in total. The van der Waals surface area contributed by atoms with Gasteiger partial charge < -0.3 is 4.90 Å². The van der Waals surface area contributed by atoms with Crippen molar-refractivity contribution in [3.8, 4) is 0 Å². The minimum Gasteiger partial charge on any atom is -0.369 e. The Labute approximate surface area is 201 Å². The highest BCUT2D eigenvalue weighted by Gasteiger charge is 2.39. The summed E-state index contributed by atoms with van der Waals surface area (Å²) < 4.78 is 15.0. The summed E-state index contributed by atoms with van der Waals surface area (Å²) in [6.45, 7) is 1.84. The Morgan fingerprint density at radius 3 is 2.27 bits per heavy atom. The Morgan fingerprint density at radius 1 is 0.909 bits per heavy atom.